The maximum absolute atomic E-state index is 4.56. The van der Waals surface area contributed by atoms with Crippen LogP contribution in [-0.2, 0) is 0 Å². The average molecular weight is 472 g/mol. The van der Waals surface area contributed by atoms with Gasteiger partial charge in [0, 0.05) is 17.5 Å². The zero-order valence-electron chi connectivity index (χ0n) is 20.6. The fraction of sp³-hybridized carbons (Fsp3) is 0.0278. The lowest BCUT2D eigenvalue weighted by molar-refractivity contribution is 1.21. The molecule has 0 bridgehead atoms. The van der Waals surface area contributed by atoms with Crippen LogP contribution < -0.4 is 0 Å². The van der Waals surface area contributed by atoms with Crippen LogP contribution in [0.2, 0.25) is 0 Å². The predicted octanol–water partition coefficient (Wildman–Crippen LogP) is 9.85. The molecule has 0 saturated carbocycles. The van der Waals surface area contributed by atoms with Gasteiger partial charge in [-0.05, 0) is 73.1 Å². The van der Waals surface area contributed by atoms with E-state index < -0.39 is 0 Å². The van der Waals surface area contributed by atoms with Crippen molar-refractivity contribution in [2.24, 2.45) is 0 Å². The normalized spacial score (nSPS) is 11.4. The van der Waals surface area contributed by atoms with Gasteiger partial charge in [0.2, 0.25) is 0 Å². The molecule has 37 heavy (non-hydrogen) atoms. The van der Waals surface area contributed by atoms with Gasteiger partial charge in [-0.3, -0.25) is 4.98 Å². The second kappa shape index (κ2) is 8.72. The Kier molecular flexibility index (Phi) is 5.08. The molecule has 0 saturated heterocycles. The van der Waals surface area contributed by atoms with Crippen molar-refractivity contribution in [2.75, 3.05) is 0 Å². The van der Waals surface area contributed by atoms with E-state index >= 15 is 0 Å². The monoisotopic (exact) mass is 471 g/mol. The molecule has 0 fully saturated rings. The Morgan fingerprint density at radius 3 is 1.46 bits per heavy atom. The summed E-state index contributed by atoms with van der Waals surface area (Å²) in [5.41, 5.74) is 8.53. The largest absolute Gasteiger partial charge is 0.261 e. The maximum atomic E-state index is 4.56. The SMILES string of the molecule is Cc1ncccc1-c1ccc(-c2c3ccccc3c(-c3ccccc3)c3ccccc23)c2ccccc12. The summed E-state index contributed by atoms with van der Waals surface area (Å²) in [7, 11) is 0. The van der Waals surface area contributed by atoms with Gasteiger partial charge >= 0.3 is 0 Å². The number of hydrogen-bond acceptors (Lipinski definition) is 1. The molecule has 7 rings (SSSR count). The molecule has 0 spiro atoms. The van der Waals surface area contributed by atoms with Crippen LogP contribution >= 0.6 is 0 Å². The van der Waals surface area contributed by atoms with Gasteiger partial charge < -0.3 is 0 Å². The van der Waals surface area contributed by atoms with Crippen LogP contribution in [-0.4, -0.2) is 4.98 Å². The summed E-state index contributed by atoms with van der Waals surface area (Å²) in [6.07, 6.45) is 1.86. The third kappa shape index (κ3) is 3.43. The highest BCUT2D eigenvalue weighted by Crippen LogP contribution is 2.46. The van der Waals surface area contributed by atoms with Crippen molar-refractivity contribution < 1.29 is 0 Å². The van der Waals surface area contributed by atoms with Crippen molar-refractivity contribution >= 4 is 32.3 Å². The van der Waals surface area contributed by atoms with Gasteiger partial charge in [-0.25, -0.2) is 0 Å². The van der Waals surface area contributed by atoms with E-state index in [-0.39, 0.29) is 0 Å². The highest BCUT2D eigenvalue weighted by Gasteiger charge is 2.18. The van der Waals surface area contributed by atoms with E-state index in [4.69, 9.17) is 0 Å². The Bertz CT molecular complexity index is 1880. The zero-order chi connectivity index (χ0) is 24.8. The molecule has 7 aromatic rings. The Labute approximate surface area is 216 Å². The van der Waals surface area contributed by atoms with Gasteiger partial charge in [0.25, 0.3) is 0 Å². The van der Waals surface area contributed by atoms with Crippen LogP contribution in [0.1, 0.15) is 5.69 Å². The molecule has 1 nitrogen and oxygen atoms in total. The number of fused-ring (bicyclic) bond motifs is 3. The lowest BCUT2D eigenvalue weighted by Crippen LogP contribution is -1.93. The second-order valence-electron chi connectivity index (χ2n) is 9.55. The Balaban J connectivity index is 1.62. The van der Waals surface area contributed by atoms with Crippen LogP contribution in [0.15, 0.2) is 134 Å². The Morgan fingerprint density at radius 1 is 0.378 bits per heavy atom. The number of nitrogens with zero attached hydrogens (tertiary/aromatic N) is 1. The minimum atomic E-state index is 1.04. The molecular weight excluding hydrogens is 446 g/mol. The molecule has 0 unspecified atom stereocenters. The first kappa shape index (κ1) is 21.5. The summed E-state index contributed by atoms with van der Waals surface area (Å²) in [5.74, 6) is 0. The Morgan fingerprint density at radius 2 is 0.865 bits per heavy atom. The first-order chi connectivity index (χ1) is 18.3. The summed E-state index contributed by atoms with van der Waals surface area (Å²) in [6.45, 7) is 2.08. The predicted molar refractivity (Wildman–Crippen MR) is 158 cm³/mol. The molecule has 1 heteroatoms. The van der Waals surface area contributed by atoms with Crippen molar-refractivity contribution in [3.05, 3.63) is 139 Å². The smallest absolute Gasteiger partial charge is 0.0451 e. The quantitative estimate of drug-likeness (QED) is 0.234. The number of aryl methyl sites for hydroxylation is 1. The van der Waals surface area contributed by atoms with Gasteiger partial charge in [-0.2, -0.15) is 0 Å². The highest BCUT2D eigenvalue weighted by molar-refractivity contribution is 6.24. The summed E-state index contributed by atoms with van der Waals surface area (Å²) < 4.78 is 0. The minimum Gasteiger partial charge on any atom is -0.261 e. The van der Waals surface area contributed by atoms with E-state index in [1.165, 1.54) is 65.7 Å². The maximum Gasteiger partial charge on any atom is 0.0451 e. The lowest BCUT2D eigenvalue weighted by atomic mass is 9.84. The van der Waals surface area contributed by atoms with Crippen molar-refractivity contribution in [1.82, 2.24) is 4.98 Å². The van der Waals surface area contributed by atoms with Crippen LogP contribution in [0.5, 0.6) is 0 Å². The fourth-order valence-electron chi connectivity index (χ4n) is 5.86. The number of pyridine rings is 1. The molecule has 0 aliphatic rings. The molecule has 0 aliphatic carbocycles. The highest BCUT2D eigenvalue weighted by atomic mass is 14.7. The van der Waals surface area contributed by atoms with E-state index in [1.807, 2.05) is 12.3 Å². The van der Waals surface area contributed by atoms with E-state index in [2.05, 4.69) is 133 Å². The standard InChI is InChI=1S/C36H25N/c1-24-26(20-11-23-37-24)29-21-22-34(28-15-6-5-14-27(28)29)36-32-18-9-7-16-30(32)35(25-12-3-2-4-13-25)31-17-8-10-19-33(31)36/h2-23H,1H3. The molecule has 1 heterocycles. The van der Waals surface area contributed by atoms with Gasteiger partial charge in [-0.1, -0.05) is 121 Å². The summed E-state index contributed by atoms with van der Waals surface area (Å²) in [4.78, 5) is 4.56. The van der Waals surface area contributed by atoms with Crippen molar-refractivity contribution in [3.63, 3.8) is 0 Å². The number of aromatic nitrogens is 1. The molecule has 6 aromatic carbocycles. The van der Waals surface area contributed by atoms with Crippen molar-refractivity contribution in [3.8, 4) is 33.4 Å². The third-order valence-corrected chi connectivity index (χ3v) is 7.48. The van der Waals surface area contributed by atoms with E-state index in [1.54, 1.807) is 0 Å². The first-order valence-electron chi connectivity index (χ1n) is 12.7. The molecule has 0 radical (unpaired) electrons. The summed E-state index contributed by atoms with van der Waals surface area (Å²) in [5, 5.41) is 7.60. The average Bonchev–Trinajstić information content (AvgIpc) is 2.96. The van der Waals surface area contributed by atoms with E-state index in [9.17, 15) is 0 Å². The zero-order valence-corrected chi connectivity index (χ0v) is 20.6. The van der Waals surface area contributed by atoms with E-state index in [0.717, 1.165) is 5.69 Å². The van der Waals surface area contributed by atoms with Crippen LogP contribution in [0.25, 0.3) is 65.7 Å². The fourth-order valence-corrected chi connectivity index (χ4v) is 5.86. The minimum absolute atomic E-state index is 1.04. The van der Waals surface area contributed by atoms with Crippen molar-refractivity contribution in [1.29, 1.82) is 0 Å². The molecule has 0 N–H and O–H groups in total. The molecule has 0 aliphatic heterocycles. The van der Waals surface area contributed by atoms with Gasteiger partial charge in [-0.15, -0.1) is 0 Å². The number of hydrogen-bond donors (Lipinski definition) is 0. The summed E-state index contributed by atoms with van der Waals surface area (Å²) in [6, 6.07) is 46.0. The molecule has 174 valence electrons. The first-order valence-corrected chi connectivity index (χ1v) is 12.7. The molecule has 1 aromatic heterocycles. The topological polar surface area (TPSA) is 12.9 Å². The number of rotatable bonds is 3. The molecular formula is C36H25N. The van der Waals surface area contributed by atoms with Gasteiger partial charge in [0.15, 0.2) is 0 Å². The lowest BCUT2D eigenvalue weighted by Gasteiger charge is -2.19. The summed E-state index contributed by atoms with van der Waals surface area (Å²) >= 11 is 0. The number of benzene rings is 6. The van der Waals surface area contributed by atoms with Gasteiger partial charge in [0.1, 0.15) is 0 Å². The van der Waals surface area contributed by atoms with Gasteiger partial charge in [0.05, 0.1) is 0 Å². The Hall–Kier alpha value is -4.75. The van der Waals surface area contributed by atoms with Crippen LogP contribution in [0.3, 0.4) is 0 Å². The van der Waals surface area contributed by atoms with Crippen molar-refractivity contribution in [2.45, 2.75) is 6.92 Å². The van der Waals surface area contributed by atoms with E-state index in [0.29, 0.717) is 0 Å². The molecule has 0 atom stereocenters. The van der Waals surface area contributed by atoms with Crippen LogP contribution in [0.4, 0.5) is 0 Å². The second-order valence-corrected chi connectivity index (χ2v) is 9.55. The third-order valence-electron chi connectivity index (χ3n) is 7.48. The molecule has 0 amide bonds. The van der Waals surface area contributed by atoms with Crippen LogP contribution in [0, 0.1) is 6.92 Å².